The lowest BCUT2D eigenvalue weighted by Crippen LogP contribution is -2.14. The molecule has 1 aliphatic rings. The first-order valence-electron chi connectivity index (χ1n) is 4.75. The van der Waals surface area contributed by atoms with Gasteiger partial charge in [0.15, 0.2) is 5.78 Å². The van der Waals surface area contributed by atoms with Crippen molar-refractivity contribution >= 4 is 29.0 Å². The lowest BCUT2D eigenvalue weighted by Gasteiger charge is -2.07. The Morgan fingerprint density at radius 3 is 2.47 bits per heavy atom. The molecule has 15 heavy (non-hydrogen) atoms. The number of halogens is 2. The van der Waals surface area contributed by atoms with Crippen LogP contribution >= 0.6 is 23.2 Å². The lowest BCUT2D eigenvalue weighted by atomic mass is 9.97. The SMILES string of the molecule is O=C(c1cc(Cl)cc(Cl)c1)C1CCOC1. The number of rotatable bonds is 2. The standard InChI is InChI=1S/C11H10Cl2O2/c12-9-3-8(4-10(13)5-9)11(14)7-1-2-15-6-7/h3-5,7H,1-2,6H2. The molecule has 1 aliphatic heterocycles. The van der Waals surface area contributed by atoms with Gasteiger partial charge in [-0.05, 0) is 24.6 Å². The fourth-order valence-electron chi connectivity index (χ4n) is 1.67. The van der Waals surface area contributed by atoms with Crippen LogP contribution in [-0.2, 0) is 4.74 Å². The first-order valence-corrected chi connectivity index (χ1v) is 5.50. The van der Waals surface area contributed by atoms with Gasteiger partial charge >= 0.3 is 0 Å². The molecule has 0 spiro atoms. The zero-order valence-electron chi connectivity index (χ0n) is 8.00. The molecule has 0 bridgehead atoms. The molecule has 1 aromatic rings. The highest BCUT2D eigenvalue weighted by molar-refractivity contribution is 6.35. The first kappa shape index (κ1) is 10.9. The molecule has 0 amide bonds. The summed E-state index contributed by atoms with van der Waals surface area (Å²) >= 11 is 11.7. The zero-order chi connectivity index (χ0) is 10.8. The minimum Gasteiger partial charge on any atom is -0.381 e. The second-order valence-corrected chi connectivity index (χ2v) is 4.46. The molecule has 1 saturated heterocycles. The van der Waals surface area contributed by atoms with Crippen LogP contribution in [0.3, 0.4) is 0 Å². The third-order valence-electron chi connectivity index (χ3n) is 2.45. The van der Waals surface area contributed by atoms with Crippen LogP contribution in [0.5, 0.6) is 0 Å². The van der Waals surface area contributed by atoms with Gasteiger partial charge in [-0.25, -0.2) is 0 Å². The van der Waals surface area contributed by atoms with Crippen LogP contribution in [0, 0.1) is 5.92 Å². The summed E-state index contributed by atoms with van der Waals surface area (Å²) in [5, 5.41) is 0.981. The van der Waals surface area contributed by atoms with Crippen LogP contribution in [0.15, 0.2) is 18.2 Å². The van der Waals surface area contributed by atoms with Crippen molar-refractivity contribution in [3.63, 3.8) is 0 Å². The maximum atomic E-state index is 12.0. The predicted molar refractivity (Wildman–Crippen MR) is 59.7 cm³/mol. The summed E-state index contributed by atoms with van der Waals surface area (Å²) in [5.74, 6) is 0.0245. The molecule has 2 rings (SSSR count). The van der Waals surface area contributed by atoms with Gasteiger partial charge in [0.05, 0.1) is 6.61 Å². The number of ketones is 1. The van der Waals surface area contributed by atoms with Crippen LogP contribution in [0.25, 0.3) is 0 Å². The highest BCUT2D eigenvalue weighted by atomic mass is 35.5. The molecule has 1 fully saturated rings. The van der Waals surface area contributed by atoms with Gasteiger partial charge in [-0.15, -0.1) is 0 Å². The molecule has 0 aromatic heterocycles. The number of carbonyl (C=O) groups is 1. The Morgan fingerprint density at radius 2 is 1.93 bits per heavy atom. The van der Waals surface area contributed by atoms with Crippen LogP contribution < -0.4 is 0 Å². The van der Waals surface area contributed by atoms with Gasteiger partial charge in [0, 0.05) is 28.1 Å². The third-order valence-corrected chi connectivity index (χ3v) is 2.88. The number of Topliss-reactive ketones (excluding diaryl/α,β-unsaturated/α-hetero) is 1. The van der Waals surface area contributed by atoms with Crippen molar-refractivity contribution in [1.82, 2.24) is 0 Å². The molecule has 1 atom stereocenters. The number of hydrogen-bond donors (Lipinski definition) is 0. The normalized spacial score (nSPS) is 20.5. The Labute approximate surface area is 98.1 Å². The third kappa shape index (κ3) is 2.51. The second kappa shape index (κ2) is 4.52. The lowest BCUT2D eigenvalue weighted by molar-refractivity contribution is 0.0900. The van der Waals surface area contributed by atoms with Crippen molar-refractivity contribution in [3.05, 3.63) is 33.8 Å². The minimum atomic E-state index is -0.0421. The van der Waals surface area contributed by atoms with Crippen molar-refractivity contribution in [1.29, 1.82) is 0 Å². The molecule has 2 nitrogen and oxygen atoms in total. The van der Waals surface area contributed by atoms with Gasteiger partial charge in [0.2, 0.25) is 0 Å². The Bertz CT molecular complexity index is 364. The van der Waals surface area contributed by atoms with Crippen molar-refractivity contribution in [2.45, 2.75) is 6.42 Å². The van der Waals surface area contributed by atoms with Crippen LogP contribution in [0.2, 0.25) is 10.0 Å². The Kier molecular flexibility index (Phi) is 3.29. The van der Waals surface area contributed by atoms with E-state index in [9.17, 15) is 4.79 Å². The number of benzene rings is 1. The molecule has 80 valence electrons. The predicted octanol–water partition coefficient (Wildman–Crippen LogP) is 3.21. The van der Waals surface area contributed by atoms with E-state index in [1.165, 1.54) is 0 Å². The van der Waals surface area contributed by atoms with E-state index in [0.717, 1.165) is 6.42 Å². The van der Waals surface area contributed by atoms with Gasteiger partial charge < -0.3 is 4.74 Å². The summed E-state index contributed by atoms with van der Waals surface area (Å²) in [6.07, 6.45) is 0.781. The average molecular weight is 245 g/mol. The number of hydrogen-bond acceptors (Lipinski definition) is 2. The first-order chi connectivity index (χ1) is 7.16. The van der Waals surface area contributed by atoms with Gasteiger partial charge in [-0.3, -0.25) is 4.79 Å². The van der Waals surface area contributed by atoms with E-state index in [0.29, 0.717) is 28.8 Å². The smallest absolute Gasteiger partial charge is 0.168 e. The van der Waals surface area contributed by atoms with Crippen molar-refractivity contribution in [2.75, 3.05) is 13.2 Å². The molecule has 1 unspecified atom stereocenters. The second-order valence-electron chi connectivity index (χ2n) is 3.58. The Hall–Kier alpha value is -0.570. The summed E-state index contributed by atoms with van der Waals surface area (Å²) in [7, 11) is 0. The molecule has 0 aliphatic carbocycles. The zero-order valence-corrected chi connectivity index (χ0v) is 9.52. The molecule has 0 saturated carbocycles. The van der Waals surface area contributed by atoms with E-state index in [4.69, 9.17) is 27.9 Å². The van der Waals surface area contributed by atoms with E-state index < -0.39 is 0 Å². The number of ether oxygens (including phenoxy) is 1. The summed E-state index contributed by atoms with van der Waals surface area (Å²) < 4.78 is 5.17. The molecule has 1 heterocycles. The van der Waals surface area contributed by atoms with Crippen molar-refractivity contribution < 1.29 is 9.53 Å². The van der Waals surface area contributed by atoms with Gasteiger partial charge in [-0.1, -0.05) is 23.2 Å². The summed E-state index contributed by atoms with van der Waals surface area (Å²) in [5.41, 5.74) is 0.572. The van der Waals surface area contributed by atoms with Crippen molar-refractivity contribution in [2.24, 2.45) is 5.92 Å². The molecular weight excluding hydrogens is 235 g/mol. The monoisotopic (exact) mass is 244 g/mol. The van der Waals surface area contributed by atoms with E-state index in [2.05, 4.69) is 0 Å². The Morgan fingerprint density at radius 1 is 1.27 bits per heavy atom. The quantitative estimate of drug-likeness (QED) is 0.748. The molecule has 1 aromatic carbocycles. The van der Waals surface area contributed by atoms with E-state index in [1.54, 1.807) is 18.2 Å². The molecule has 4 heteroatoms. The van der Waals surface area contributed by atoms with E-state index >= 15 is 0 Å². The fraction of sp³-hybridized carbons (Fsp3) is 0.364. The highest BCUT2D eigenvalue weighted by Crippen LogP contribution is 2.24. The maximum Gasteiger partial charge on any atom is 0.168 e. The van der Waals surface area contributed by atoms with E-state index in [1.807, 2.05) is 0 Å². The van der Waals surface area contributed by atoms with Gasteiger partial charge in [0.1, 0.15) is 0 Å². The van der Waals surface area contributed by atoms with Gasteiger partial charge in [-0.2, -0.15) is 0 Å². The van der Waals surface area contributed by atoms with Crippen molar-refractivity contribution in [3.8, 4) is 0 Å². The maximum absolute atomic E-state index is 12.0. The fourth-order valence-corrected chi connectivity index (χ4v) is 2.20. The number of carbonyl (C=O) groups excluding carboxylic acids is 1. The topological polar surface area (TPSA) is 26.3 Å². The molecule has 0 radical (unpaired) electrons. The summed E-state index contributed by atoms with van der Waals surface area (Å²) in [4.78, 5) is 12.0. The largest absolute Gasteiger partial charge is 0.381 e. The van der Waals surface area contributed by atoms with Gasteiger partial charge in [0.25, 0.3) is 0 Å². The van der Waals surface area contributed by atoms with E-state index in [-0.39, 0.29) is 11.7 Å². The van der Waals surface area contributed by atoms with Crippen LogP contribution in [0.4, 0.5) is 0 Å². The average Bonchev–Trinajstić information content (AvgIpc) is 2.67. The minimum absolute atomic E-state index is 0.0421. The van der Waals surface area contributed by atoms with Crippen LogP contribution in [-0.4, -0.2) is 19.0 Å². The molecule has 0 N–H and O–H groups in total. The molecular formula is C11H10Cl2O2. The summed E-state index contributed by atoms with van der Waals surface area (Å²) in [6.45, 7) is 1.16. The Balaban J connectivity index is 2.24. The highest BCUT2D eigenvalue weighted by Gasteiger charge is 2.24. The van der Waals surface area contributed by atoms with Crippen LogP contribution in [0.1, 0.15) is 16.8 Å². The summed E-state index contributed by atoms with van der Waals surface area (Å²) in [6, 6.07) is 4.91.